The van der Waals surface area contributed by atoms with Crippen LogP contribution in [0.15, 0.2) is 0 Å². The molecule has 20 heavy (non-hydrogen) atoms. The summed E-state index contributed by atoms with van der Waals surface area (Å²) in [6.07, 6.45) is 7.42. The van der Waals surface area contributed by atoms with Crippen LogP contribution in [-0.2, 0) is 9.59 Å². The highest BCUT2D eigenvalue weighted by atomic mass is 16.4. The van der Waals surface area contributed by atoms with Gasteiger partial charge >= 0.3 is 5.97 Å². The molecule has 1 amide bonds. The lowest BCUT2D eigenvalue weighted by atomic mass is 10.1. The standard InChI is InChI=1S/C15H26N2O3/c18-14(6-3-7-15(19)20)16-10-12-8-9-17(11-12)13-4-1-2-5-13/h12-13H,1-11H2,(H,16,18)(H,19,20)/t12-/m0/s1. The van der Waals surface area contributed by atoms with Crippen molar-refractivity contribution in [3.8, 4) is 0 Å². The van der Waals surface area contributed by atoms with Gasteiger partial charge < -0.3 is 15.3 Å². The van der Waals surface area contributed by atoms with E-state index in [2.05, 4.69) is 10.2 Å². The summed E-state index contributed by atoms with van der Waals surface area (Å²) in [6, 6.07) is 0.784. The number of amides is 1. The van der Waals surface area contributed by atoms with Gasteiger partial charge in [-0.05, 0) is 38.1 Å². The SMILES string of the molecule is O=C(O)CCCC(=O)NC[C@@H]1CCN(C2CCCC2)C1. The summed E-state index contributed by atoms with van der Waals surface area (Å²) in [5, 5.41) is 11.5. The van der Waals surface area contributed by atoms with Crippen LogP contribution in [-0.4, -0.2) is 47.6 Å². The number of rotatable bonds is 7. The van der Waals surface area contributed by atoms with E-state index in [1.807, 2.05) is 0 Å². The van der Waals surface area contributed by atoms with Crippen molar-refractivity contribution < 1.29 is 14.7 Å². The molecule has 1 saturated heterocycles. The molecule has 1 saturated carbocycles. The van der Waals surface area contributed by atoms with Gasteiger partial charge in [-0.2, -0.15) is 0 Å². The Labute approximate surface area is 120 Å². The number of aliphatic carboxylic acids is 1. The number of carboxylic acid groups (broad SMARTS) is 1. The molecule has 0 unspecified atom stereocenters. The van der Waals surface area contributed by atoms with Crippen LogP contribution in [0.25, 0.3) is 0 Å². The highest BCUT2D eigenvalue weighted by Crippen LogP contribution is 2.28. The smallest absolute Gasteiger partial charge is 0.303 e. The zero-order valence-electron chi connectivity index (χ0n) is 12.1. The molecule has 2 fully saturated rings. The third-order valence-corrected chi connectivity index (χ3v) is 4.54. The van der Waals surface area contributed by atoms with Crippen molar-refractivity contribution in [2.75, 3.05) is 19.6 Å². The number of hydrogen-bond donors (Lipinski definition) is 2. The molecule has 0 bridgehead atoms. The van der Waals surface area contributed by atoms with E-state index in [9.17, 15) is 9.59 Å². The quantitative estimate of drug-likeness (QED) is 0.744. The first kappa shape index (κ1) is 15.3. The van der Waals surface area contributed by atoms with E-state index >= 15 is 0 Å². The Hall–Kier alpha value is -1.10. The number of likely N-dealkylation sites (tertiary alicyclic amines) is 1. The predicted molar refractivity (Wildman–Crippen MR) is 76.4 cm³/mol. The first-order valence-corrected chi connectivity index (χ1v) is 7.87. The molecular formula is C15H26N2O3. The van der Waals surface area contributed by atoms with E-state index in [1.165, 1.54) is 38.6 Å². The van der Waals surface area contributed by atoms with Gasteiger partial charge in [0.15, 0.2) is 0 Å². The summed E-state index contributed by atoms with van der Waals surface area (Å²) in [4.78, 5) is 24.6. The fraction of sp³-hybridized carbons (Fsp3) is 0.867. The fourth-order valence-corrected chi connectivity index (χ4v) is 3.38. The molecule has 0 spiro atoms. The van der Waals surface area contributed by atoms with E-state index in [-0.39, 0.29) is 12.3 Å². The second-order valence-electron chi connectivity index (χ2n) is 6.14. The topological polar surface area (TPSA) is 69.6 Å². The van der Waals surface area contributed by atoms with Gasteiger partial charge in [0, 0.05) is 32.0 Å². The van der Waals surface area contributed by atoms with Crippen LogP contribution in [0.5, 0.6) is 0 Å². The summed E-state index contributed by atoms with van der Waals surface area (Å²) in [5.74, 6) is -0.273. The summed E-state index contributed by atoms with van der Waals surface area (Å²) < 4.78 is 0. The normalized spacial score (nSPS) is 24.1. The summed E-state index contributed by atoms with van der Waals surface area (Å²) in [6.45, 7) is 3.03. The molecule has 2 aliphatic rings. The lowest BCUT2D eigenvalue weighted by molar-refractivity contribution is -0.137. The number of carboxylic acids is 1. The summed E-state index contributed by atoms with van der Waals surface area (Å²) >= 11 is 0. The molecule has 1 aliphatic heterocycles. The summed E-state index contributed by atoms with van der Waals surface area (Å²) in [5.41, 5.74) is 0. The van der Waals surface area contributed by atoms with Crippen LogP contribution in [0.4, 0.5) is 0 Å². The lowest BCUT2D eigenvalue weighted by Gasteiger charge is -2.23. The Morgan fingerprint density at radius 2 is 1.90 bits per heavy atom. The number of nitrogens with one attached hydrogen (secondary N) is 1. The average Bonchev–Trinajstić information content (AvgIpc) is 3.06. The van der Waals surface area contributed by atoms with E-state index in [4.69, 9.17) is 5.11 Å². The molecule has 5 heteroatoms. The molecule has 1 aliphatic carbocycles. The molecule has 114 valence electrons. The van der Waals surface area contributed by atoms with Gasteiger partial charge in [-0.15, -0.1) is 0 Å². The Morgan fingerprint density at radius 3 is 2.60 bits per heavy atom. The van der Waals surface area contributed by atoms with Crippen LogP contribution in [0, 0.1) is 5.92 Å². The molecule has 0 aromatic rings. The summed E-state index contributed by atoms with van der Waals surface area (Å²) in [7, 11) is 0. The number of carbonyl (C=O) groups excluding carboxylic acids is 1. The minimum Gasteiger partial charge on any atom is -0.481 e. The van der Waals surface area contributed by atoms with Crippen LogP contribution in [0.2, 0.25) is 0 Å². The third-order valence-electron chi connectivity index (χ3n) is 4.54. The van der Waals surface area contributed by atoms with Crippen molar-refractivity contribution in [2.45, 2.75) is 57.4 Å². The van der Waals surface area contributed by atoms with Crippen molar-refractivity contribution in [1.29, 1.82) is 0 Å². The van der Waals surface area contributed by atoms with Gasteiger partial charge in [0.2, 0.25) is 5.91 Å². The Balaban J connectivity index is 1.58. The molecule has 0 radical (unpaired) electrons. The maximum Gasteiger partial charge on any atom is 0.303 e. The van der Waals surface area contributed by atoms with Crippen molar-refractivity contribution in [2.24, 2.45) is 5.92 Å². The molecule has 2 rings (SSSR count). The Morgan fingerprint density at radius 1 is 1.15 bits per heavy atom. The van der Waals surface area contributed by atoms with Crippen molar-refractivity contribution in [3.63, 3.8) is 0 Å². The highest BCUT2D eigenvalue weighted by molar-refractivity contribution is 5.76. The van der Waals surface area contributed by atoms with Gasteiger partial charge in [0.25, 0.3) is 0 Å². The first-order chi connectivity index (χ1) is 9.65. The van der Waals surface area contributed by atoms with Crippen LogP contribution >= 0.6 is 0 Å². The van der Waals surface area contributed by atoms with Gasteiger partial charge in [-0.1, -0.05) is 12.8 Å². The Bertz CT molecular complexity index is 340. The van der Waals surface area contributed by atoms with Crippen molar-refractivity contribution in [3.05, 3.63) is 0 Å². The second-order valence-corrected chi connectivity index (χ2v) is 6.14. The third kappa shape index (κ3) is 4.78. The lowest BCUT2D eigenvalue weighted by Crippen LogP contribution is -2.34. The van der Waals surface area contributed by atoms with E-state index < -0.39 is 5.97 Å². The average molecular weight is 282 g/mol. The van der Waals surface area contributed by atoms with Gasteiger partial charge in [-0.25, -0.2) is 0 Å². The predicted octanol–water partition coefficient (Wildman–Crippen LogP) is 1.62. The maximum atomic E-state index is 11.6. The van der Waals surface area contributed by atoms with Crippen molar-refractivity contribution in [1.82, 2.24) is 10.2 Å². The number of nitrogens with zero attached hydrogens (tertiary/aromatic N) is 1. The molecular weight excluding hydrogens is 256 g/mol. The van der Waals surface area contributed by atoms with E-state index in [0.717, 1.165) is 19.1 Å². The van der Waals surface area contributed by atoms with Gasteiger partial charge in [0.1, 0.15) is 0 Å². The van der Waals surface area contributed by atoms with E-state index in [0.29, 0.717) is 18.8 Å². The largest absolute Gasteiger partial charge is 0.481 e. The van der Waals surface area contributed by atoms with Crippen molar-refractivity contribution >= 4 is 11.9 Å². The number of hydrogen-bond acceptors (Lipinski definition) is 3. The zero-order valence-corrected chi connectivity index (χ0v) is 12.1. The highest BCUT2D eigenvalue weighted by Gasteiger charge is 2.29. The van der Waals surface area contributed by atoms with Gasteiger partial charge in [0.05, 0.1) is 0 Å². The van der Waals surface area contributed by atoms with Crippen LogP contribution in [0.3, 0.4) is 0 Å². The minimum atomic E-state index is -0.833. The van der Waals surface area contributed by atoms with E-state index in [1.54, 1.807) is 0 Å². The Kier molecular flexibility index (Phi) is 5.83. The van der Waals surface area contributed by atoms with Crippen LogP contribution in [0.1, 0.15) is 51.4 Å². The van der Waals surface area contributed by atoms with Crippen LogP contribution < -0.4 is 5.32 Å². The maximum absolute atomic E-state index is 11.6. The monoisotopic (exact) mass is 282 g/mol. The number of carbonyl (C=O) groups is 2. The first-order valence-electron chi connectivity index (χ1n) is 7.87. The molecule has 2 N–H and O–H groups in total. The second kappa shape index (κ2) is 7.62. The molecule has 0 aromatic heterocycles. The molecule has 0 aromatic carbocycles. The van der Waals surface area contributed by atoms with Gasteiger partial charge in [-0.3, -0.25) is 9.59 Å². The molecule has 5 nitrogen and oxygen atoms in total. The molecule has 1 heterocycles. The molecule has 1 atom stereocenters. The minimum absolute atomic E-state index is 0.00873. The zero-order chi connectivity index (χ0) is 14.4. The fourth-order valence-electron chi connectivity index (χ4n) is 3.38.